The van der Waals surface area contributed by atoms with Crippen LogP contribution in [0.3, 0.4) is 0 Å². The highest BCUT2D eigenvalue weighted by atomic mass is 16.5. The van der Waals surface area contributed by atoms with Crippen LogP contribution in [-0.2, 0) is 13.0 Å². The number of methoxy groups -OCH3 is 1. The lowest BCUT2D eigenvalue weighted by molar-refractivity contribution is 0.415. The Morgan fingerprint density at radius 1 is 1.25 bits per heavy atom. The predicted octanol–water partition coefficient (Wildman–Crippen LogP) is 2.26. The zero-order chi connectivity index (χ0) is 13.9. The van der Waals surface area contributed by atoms with Crippen LogP contribution in [0.25, 0.3) is 11.0 Å². The smallest absolute Gasteiger partial charge is 0.201 e. The molecule has 0 amide bonds. The Morgan fingerprint density at radius 2 is 2.15 bits per heavy atom. The van der Waals surface area contributed by atoms with Gasteiger partial charge in [-0.05, 0) is 24.3 Å². The number of aryl methyl sites for hydroxylation is 2. The summed E-state index contributed by atoms with van der Waals surface area (Å²) in [5, 5.41) is 0. The lowest BCUT2D eigenvalue weighted by atomic mass is 10.2. The number of fused-ring (bicyclic) bond motifs is 1. The molecule has 2 heterocycles. The Morgan fingerprint density at radius 3 is 2.90 bits per heavy atom. The fourth-order valence-corrected chi connectivity index (χ4v) is 2.26. The molecule has 0 atom stereocenters. The number of nitrogens with two attached hydrogens (primary N) is 1. The van der Waals surface area contributed by atoms with Crippen molar-refractivity contribution in [3.8, 4) is 5.75 Å². The van der Waals surface area contributed by atoms with E-state index in [1.54, 1.807) is 13.3 Å². The van der Waals surface area contributed by atoms with Crippen LogP contribution in [0.5, 0.6) is 5.75 Å². The van der Waals surface area contributed by atoms with E-state index in [1.807, 2.05) is 41.0 Å². The summed E-state index contributed by atoms with van der Waals surface area (Å²) < 4.78 is 7.20. The van der Waals surface area contributed by atoms with Gasteiger partial charge in [0.15, 0.2) is 0 Å². The van der Waals surface area contributed by atoms with Crippen molar-refractivity contribution in [3.05, 3.63) is 48.3 Å². The van der Waals surface area contributed by atoms with Gasteiger partial charge in [-0.2, -0.15) is 0 Å². The molecule has 0 saturated heterocycles. The van der Waals surface area contributed by atoms with Gasteiger partial charge in [0.05, 0.1) is 18.1 Å². The standard InChI is InChI=1S/C15H16N4O/c1-20-12-5-6-14-13(10-12)18-15(16)19(14)9-7-11-4-2-3-8-17-11/h2-6,8,10H,7,9H2,1H3,(H2,16,18). The van der Waals surface area contributed by atoms with Gasteiger partial charge in [0, 0.05) is 30.9 Å². The molecule has 102 valence electrons. The van der Waals surface area contributed by atoms with Gasteiger partial charge in [-0.25, -0.2) is 4.98 Å². The second kappa shape index (κ2) is 5.21. The zero-order valence-electron chi connectivity index (χ0n) is 11.3. The summed E-state index contributed by atoms with van der Waals surface area (Å²) in [5.41, 5.74) is 8.91. The molecule has 1 aromatic carbocycles. The summed E-state index contributed by atoms with van der Waals surface area (Å²) in [7, 11) is 1.64. The molecule has 3 aromatic rings. The highest BCUT2D eigenvalue weighted by Gasteiger charge is 2.09. The molecule has 3 rings (SSSR count). The first-order valence-electron chi connectivity index (χ1n) is 6.47. The minimum Gasteiger partial charge on any atom is -0.497 e. The number of pyridine rings is 1. The van der Waals surface area contributed by atoms with E-state index in [1.165, 1.54) is 0 Å². The molecule has 0 bridgehead atoms. The van der Waals surface area contributed by atoms with Gasteiger partial charge >= 0.3 is 0 Å². The molecule has 0 aliphatic carbocycles. The largest absolute Gasteiger partial charge is 0.497 e. The van der Waals surface area contributed by atoms with Crippen LogP contribution >= 0.6 is 0 Å². The normalized spacial score (nSPS) is 10.8. The van der Waals surface area contributed by atoms with Gasteiger partial charge in [-0.3, -0.25) is 4.98 Å². The molecule has 0 fully saturated rings. The molecule has 20 heavy (non-hydrogen) atoms. The molecule has 2 N–H and O–H groups in total. The van der Waals surface area contributed by atoms with Crippen LogP contribution in [-0.4, -0.2) is 21.6 Å². The number of hydrogen-bond donors (Lipinski definition) is 1. The average molecular weight is 268 g/mol. The van der Waals surface area contributed by atoms with Gasteiger partial charge in [-0.1, -0.05) is 6.07 Å². The Hall–Kier alpha value is -2.56. The molecule has 5 nitrogen and oxygen atoms in total. The maximum Gasteiger partial charge on any atom is 0.201 e. The predicted molar refractivity (Wildman–Crippen MR) is 78.6 cm³/mol. The second-order valence-electron chi connectivity index (χ2n) is 4.55. The van der Waals surface area contributed by atoms with Gasteiger partial charge in [0.25, 0.3) is 0 Å². The molecule has 0 radical (unpaired) electrons. The first kappa shape index (κ1) is 12.5. The van der Waals surface area contributed by atoms with E-state index in [2.05, 4.69) is 9.97 Å². The summed E-state index contributed by atoms with van der Waals surface area (Å²) in [6.07, 6.45) is 2.62. The lowest BCUT2D eigenvalue weighted by Crippen LogP contribution is -2.06. The van der Waals surface area contributed by atoms with Crippen molar-refractivity contribution in [1.82, 2.24) is 14.5 Å². The quantitative estimate of drug-likeness (QED) is 0.788. The first-order chi connectivity index (χ1) is 9.78. The zero-order valence-corrected chi connectivity index (χ0v) is 11.3. The molecular formula is C15H16N4O. The summed E-state index contributed by atoms with van der Waals surface area (Å²) in [5.74, 6) is 1.30. The highest BCUT2D eigenvalue weighted by Crippen LogP contribution is 2.23. The van der Waals surface area contributed by atoms with Gasteiger partial charge in [0.1, 0.15) is 5.75 Å². The number of benzene rings is 1. The highest BCUT2D eigenvalue weighted by molar-refractivity contribution is 5.79. The number of hydrogen-bond acceptors (Lipinski definition) is 4. The average Bonchev–Trinajstić information content (AvgIpc) is 2.80. The number of aromatic nitrogens is 3. The van der Waals surface area contributed by atoms with Gasteiger partial charge < -0.3 is 15.0 Å². The van der Waals surface area contributed by atoms with E-state index in [4.69, 9.17) is 10.5 Å². The Balaban J connectivity index is 1.89. The molecule has 2 aromatic heterocycles. The number of nitrogen functional groups attached to an aromatic ring is 1. The fourth-order valence-electron chi connectivity index (χ4n) is 2.26. The van der Waals surface area contributed by atoms with Crippen LogP contribution in [0.2, 0.25) is 0 Å². The van der Waals surface area contributed by atoms with Gasteiger partial charge in [0.2, 0.25) is 5.95 Å². The summed E-state index contributed by atoms with van der Waals surface area (Å²) >= 11 is 0. The molecule has 0 unspecified atom stereocenters. The third kappa shape index (κ3) is 2.30. The van der Waals surface area contributed by atoms with Crippen LogP contribution in [0.15, 0.2) is 42.6 Å². The number of ether oxygens (including phenoxy) is 1. The van der Waals surface area contributed by atoms with Crippen molar-refractivity contribution in [1.29, 1.82) is 0 Å². The molecule has 0 aliphatic heterocycles. The molecular weight excluding hydrogens is 252 g/mol. The fraction of sp³-hybridized carbons (Fsp3) is 0.200. The minimum absolute atomic E-state index is 0.518. The Labute approximate surface area is 117 Å². The van der Waals surface area contributed by atoms with Crippen LogP contribution in [0.1, 0.15) is 5.69 Å². The molecule has 0 spiro atoms. The van der Waals surface area contributed by atoms with E-state index >= 15 is 0 Å². The maximum atomic E-state index is 6.00. The minimum atomic E-state index is 0.518. The summed E-state index contributed by atoms with van der Waals surface area (Å²) in [6.45, 7) is 0.756. The van der Waals surface area contributed by atoms with Crippen LogP contribution in [0.4, 0.5) is 5.95 Å². The van der Waals surface area contributed by atoms with Crippen molar-refractivity contribution in [2.45, 2.75) is 13.0 Å². The molecule has 0 aliphatic rings. The third-order valence-corrected chi connectivity index (χ3v) is 3.30. The van der Waals surface area contributed by atoms with Crippen molar-refractivity contribution in [2.24, 2.45) is 0 Å². The van der Waals surface area contributed by atoms with Gasteiger partial charge in [-0.15, -0.1) is 0 Å². The number of anilines is 1. The number of imidazole rings is 1. The lowest BCUT2D eigenvalue weighted by Gasteiger charge is -2.06. The van der Waals surface area contributed by atoms with E-state index in [0.29, 0.717) is 5.95 Å². The first-order valence-corrected chi connectivity index (χ1v) is 6.47. The summed E-state index contributed by atoms with van der Waals surface area (Å²) in [6, 6.07) is 11.7. The van der Waals surface area contributed by atoms with Crippen molar-refractivity contribution in [3.63, 3.8) is 0 Å². The maximum absolute atomic E-state index is 6.00. The van der Waals surface area contributed by atoms with E-state index < -0.39 is 0 Å². The Bertz CT molecular complexity index is 721. The van der Waals surface area contributed by atoms with E-state index in [9.17, 15) is 0 Å². The number of nitrogens with zero attached hydrogens (tertiary/aromatic N) is 3. The summed E-state index contributed by atoms with van der Waals surface area (Å²) in [4.78, 5) is 8.70. The number of rotatable bonds is 4. The topological polar surface area (TPSA) is 66.0 Å². The van der Waals surface area contributed by atoms with Crippen molar-refractivity contribution in [2.75, 3.05) is 12.8 Å². The second-order valence-corrected chi connectivity index (χ2v) is 4.55. The van der Waals surface area contributed by atoms with Crippen molar-refractivity contribution >= 4 is 17.0 Å². The van der Waals surface area contributed by atoms with Crippen molar-refractivity contribution < 1.29 is 4.74 Å². The Kier molecular flexibility index (Phi) is 3.25. The van der Waals surface area contributed by atoms with E-state index in [0.717, 1.165) is 35.4 Å². The molecule has 5 heteroatoms. The third-order valence-electron chi connectivity index (χ3n) is 3.30. The monoisotopic (exact) mass is 268 g/mol. The SMILES string of the molecule is COc1ccc2c(c1)nc(N)n2CCc1ccccn1. The van der Waals surface area contributed by atoms with Crippen LogP contribution < -0.4 is 10.5 Å². The molecule has 0 saturated carbocycles. The van der Waals surface area contributed by atoms with E-state index in [-0.39, 0.29) is 0 Å². The van der Waals surface area contributed by atoms with Crippen LogP contribution in [0, 0.1) is 0 Å².